The van der Waals surface area contributed by atoms with E-state index in [0.29, 0.717) is 6.42 Å². The van der Waals surface area contributed by atoms with Crippen LogP contribution in [0, 0.1) is 0 Å². The van der Waals surface area contributed by atoms with Gasteiger partial charge in [0, 0.05) is 0 Å². The van der Waals surface area contributed by atoms with Gasteiger partial charge >= 0.3 is 0 Å². The number of hydrogen-bond donors (Lipinski definition) is 0. The molecule has 4 aromatic rings. The summed E-state index contributed by atoms with van der Waals surface area (Å²) in [6.07, 6.45) is 16.5. The van der Waals surface area contributed by atoms with Gasteiger partial charge in [-0.15, -0.1) is 0 Å². The molecule has 0 radical (unpaired) electrons. The molecule has 0 N–H and O–H groups in total. The zero-order chi connectivity index (χ0) is 37.5. The standard InChI is InChI=1S/C49H47Cl3O/c1-33(2)47-43(30-40-28-38(21-20-36-14-8-6-9-15-36)27-39(29-40)26-37-16-12-13-17-37)31-45(34(3)41-18-10-7-11-19-41)48(46(47)32-49(50,51)52)35(4)42-22-24-44(53-5)25-23-42/h6-11,14-15,18-30,32H,12-13,16-17,31H2,1-5H3. The number of ether oxygens (including phenoxy) is 1. The highest BCUT2D eigenvalue weighted by molar-refractivity contribution is 6.69. The average Bonchev–Trinajstić information content (AvgIpc) is 3.66. The number of halogens is 3. The monoisotopic (exact) mass is 756 g/mol. The van der Waals surface area contributed by atoms with Crippen LogP contribution in [0.2, 0.25) is 0 Å². The highest BCUT2D eigenvalue weighted by Crippen LogP contribution is 2.50. The van der Waals surface area contributed by atoms with E-state index in [1.807, 2.05) is 24.3 Å². The van der Waals surface area contributed by atoms with Crippen molar-refractivity contribution in [3.05, 3.63) is 182 Å². The van der Waals surface area contributed by atoms with Gasteiger partial charge < -0.3 is 4.74 Å². The number of hydrogen-bond acceptors (Lipinski definition) is 1. The van der Waals surface area contributed by atoms with Gasteiger partial charge in [-0.25, -0.2) is 0 Å². The molecule has 2 fully saturated rings. The van der Waals surface area contributed by atoms with Crippen molar-refractivity contribution in [1.29, 1.82) is 0 Å². The molecule has 0 saturated heterocycles. The molecule has 0 unspecified atom stereocenters. The van der Waals surface area contributed by atoms with Gasteiger partial charge in [-0.2, -0.15) is 0 Å². The Labute approximate surface area is 331 Å². The lowest BCUT2D eigenvalue weighted by atomic mass is 9.71. The Balaban J connectivity index is 1.60. The third-order valence-corrected chi connectivity index (χ3v) is 10.4. The average molecular weight is 758 g/mol. The number of rotatable bonds is 7. The first-order valence-electron chi connectivity index (χ1n) is 18.4. The minimum atomic E-state index is -1.63. The van der Waals surface area contributed by atoms with Gasteiger partial charge in [0.2, 0.25) is 3.79 Å². The van der Waals surface area contributed by atoms with Crippen molar-refractivity contribution in [1.82, 2.24) is 0 Å². The molecular formula is C49H47Cl3O. The molecule has 0 aromatic heterocycles. The highest BCUT2D eigenvalue weighted by atomic mass is 35.6. The first-order chi connectivity index (χ1) is 25.5. The molecule has 2 aliphatic carbocycles. The van der Waals surface area contributed by atoms with E-state index in [1.54, 1.807) is 7.11 Å². The Hall–Kier alpha value is -4.27. The fourth-order valence-electron chi connectivity index (χ4n) is 7.58. The molecule has 2 aliphatic rings. The minimum absolute atomic E-state index is 0.710. The largest absolute Gasteiger partial charge is 0.497 e. The van der Waals surface area contributed by atoms with Crippen molar-refractivity contribution in [3.8, 4) is 5.75 Å². The third-order valence-electron chi connectivity index (χ3n) is 10.1. The van der Waals surface area contributed by atoms with Crippen molar-refractivity contribution in [2.45, 2.75) is 63.6 Å². The van der Waals surface area contributed by atoms with Crippen LogP contribution in [0.15, 0.2) is 148 Å². The smallest absolute Gasteiger partial charge is 0.210 e. The fraction of sp³-hybridized carbons (Fsp3) is 0.224. The van der Waals surface area contributed by atoms with Gasteiger partial charge in [0.25, 0.3) is 0 Å². The molecule has 6 rings (SSSR count). The van der Waals surface area contributed by atoms with E-state index in [2.05, 4.69) is 137 Å². The quantitative estimate of drug-likeness (QED) is 0.135. The first kappa shape index (κ1) is 38.5. The lowest BCUT2D eigenvalue weighted by Crippen LogP contribution is -2.15. The Morgan fingerprint density at radius 3 is 1.79 bits per heavy atom. The highest BCUT2D eigenvalue weighted by Gasteiger charge is 2.32. The summed E-state index contributed by atoms with van der Waals surface area (Å²) < 4.78 is 3.87. The van der Waals surface area contributed by atoms with Crippen molar-refractivity contribution in [3.63, 3.8) is 0 Å². The van der Waals surface area contributed by atoms with Crippen LogP contribution in [0.5, 0.6) is 5.75 Å². The maximum absolute atomic E-state index is 6.70. The Morgan fingerprint density at radius 2 is 1.19 bits per heavy atom. The summed E-state index contributed by atoms with van der Waals surface area (Å²) in [5, 5.41) is 0. The van der Waals surface area contributed by atoms with Gasteiger partial charge in [0.1, 0.15) is 5.75 Å². The molecule has 0 atom stereocenters. The van der Waals surface area contributed by atoms with Crippen LogP contribution in [-0.4, -0.2) is 10.9 Å². The normalized spacial score (nSPS) is 18.6. The lowest BCUT2D eigenvalue weighted by Gasteiger charge is -2.33. The van der Waals surface area contributed by atoms with Crippen LogP contribution >= 0.6 is 34.8 Å². The molecule has 0 bridgehead atoms. The van der Waals surface area contributed by atoms with Crippen LogP contribution in [0.4, 0.5) is 0 Å². The summed E-state index contributed by atoms with van der Waals surface area (Å²) in [5.74, 6) is 0.808. The third kappa shape index (κ3) is 9.84. The summed E-state index contributed by atoms with van der Waals surface area (Å²) in [4.78, 5) is 0. The maximum atomic E-state index is 6.70. The number of allylic oxidation sites excluding steroid dienone is 10. The number of alkyl halides is 3. The zero-order valence-electron chi connectivity index (χ0n) is 31.3. The van der Waals surface area contributed by atoms with E-state index >= 15 is 0 Å². The predicted molar refractivity (Wildman–Crippen MR) is 232 cm³/mol. The molecule has 0 heterocycles. The minimum Gasteiger partial charge on any atom is -0.497 e. The number of methoxy groups -OCH3 is 1. The van der Waals surface area contributed by atoms with Crippen molar-refractivity contribution >= 4 is 70.3 Å². The molecule has 0 amide bonds. The van der Waals surface area contributed by atoms with E-state index in [-0.39, 0.29) is 0 Å². The van der Waals surface area contributed by atoms with E-state index in [4.69, 9.17) is 39.5 Å². The fourth-order valence-corrected chi connectivity index (χ4v) is 7.91. The second-order valence-corrected chi connectivity index (χ2v) is 16.6. The number of benzene rings is 4. The summed E-state index contributed by atoms with van der Waals surface area (Å²) in [6.45, 7) is 8.70. The van der Waals surface area contributed by atoms with Crippen molar-refractivity contribution < 1.29 is 4.74 Å². The van der Waals surface area contributed by atoms with Gasteiger partial charge in [-0.3, -0.25) is 0 Å². The topological polar surface area (TPSA) is 9.23 Å². The summed E-state index contributed by atoms with van der Waals surface area (Å²) in [7, 11) is 1.69. The molecule has 2 saturated carbocycles. The lowest BCUT2D eigenvalue weighted by molar-refractivity contribution is 0.415. The summed E-state index contributed by atoms with van der Waals surface area (Å²) >= 11 is 20.1. The van der Waals surface area contributed by atoms with Crippen molar-refractivity contribution in [2.75, 3.05) is 7.11 Å². The molecule has 0 spiro atoms. The van der Waals surface area contributed by atoms with Crippen LogP contribution in [0.25, 0.3) is 35.5 Å². The van der Waals surface area contributed by atoms with Crippen LogP contribution < -0.4 is 4.74 Å². The first-order valence-corrected chi connectivity index (χ1v) is 19.5. The Morgan fingerprint density at radius 1 is 0.623 bits per heavy atom. The maximum Gasteiger partial charge on any atom is 0.210 e. The molecule has 0 aliphatic heterocycles. The van der Waals surface area contributed by atoms with E-state index in [9.17, 15) is 0 Å². The van der Waals surface area contributed by atoms with Crippen LogP contribution in [-0.2, 0) is 0 Å². The molecule has 4 heteroatoms. The van der Waals surface area contributed by atoms with E-state index in [0.717, 1.165) is 55.9 Å². The predicted octanol–water partition coefficient (Wildman–Crippen LogP) is 15.2. The molecule has 4 aromatic carbocycles. The molecular weight excluding hydrogens is 711 g/mol. The molecule has 53 heavy (non-hydrogen) atoms. The zero-order valence-corrected chi connectivity index (χ0v) is 33.5. The van der Waals surface area contributed by atoms with E-state index < -0.39 is 3.79 Å². The Kier molecular flexibility index (Phi) is 12.5. The van der Waals surface area contributed by atoms with Gasteiger partial charge in [-0.1, -0.05) is 143 Å². The Bertz CT molecular complexity index is 2160. The van der Waals surface area contributed by atoms with Crippen LogP contribution in [0.1, 0.15) is 93.2 Å². The summed E-state index contributed by atoms with van der Waals surface area (Å²) in [5.41, 5.74) is 17.4. The second kappa shape index (κ2) is 17.3. The molecule has 1 nitrogen and oxygen atoms in total. The van der Waals surface area contributed by atoms with Crippen molar-refractivity contribution in [2.24, 2.45) is 0 Å². The van der Waals surface area contributed by atoms with Gasteiger partial charge in [0.05, 0.1) is 7.11 Å². The SMILES string of the molecule is COc1ccc(C(C)=C2C(=CC(Cl)(Cl)Cl)C(=C(C)C)C(=Cc3cc(C=Cc4ccccc4)cc(C=C4CCCC4)c3)CC2=C(C)c2ccccc2)cc1. The van der Waals surface area contributed by atoms with Gasteiger partial charge in [0.15, 0.2) is 0 Å². The summed E-state index contributed by atoms with van der Waals surface area (Å²) in [6, 6.07) is 36.1. The molecule has 270 valence electrons. The van der Waals surface area contributed by atoms with E-state index in [1.165, 1.54) is 59.1 Å². The second-order valence-electron chi connectivity index (χ2n) is 14.2. The van der Waals surface area contributed by atoms with Crippen LogP contribution in [0.3, 0.4) is 0 Å². The van der Waals surface area contributed by atoms with Gasteiger partial charge in [-0.05, 0) is 169 Å².